The summed E-state index contributed by atoms with van der Waals surface area (Å²) in [5.41, 5.74) is -1.74. The number of fused-ring (bicyclic) bond motifs is 1. The van der Waals surface area contributed by atoms with Crippen LogP contribution in [0.25, 0.3) is 11.0 Å². The van der Waals surface area contributed by atoms with Gasteiger partial charge in [-0.15, -0.1) is 0 Å². The molecular formula is C18H22F2N4O4. The van der Waals surface area contributed by atoms with E-state index in [4.69, 9.17) is 4.74 Å². The molecular weight excluding hydrogens is 374 g/mol. The highest BCUT2D eigenvalue weighted by Crippen LogP contribution is 2.33. The maximum Gasteiger partial charge on any atom is 0.408 e. The van der Waals surface area contributed by atoms with Crippen molar-refractivity contribution in [3.05, 3.63) is 29.6 Å². The van der Waals surface area contributed by atoms with Gasteiger partial charge in [-0.3, -0.25) is 0 Å². The lowest BCUT2D eigenvalue weighted by Gasteiger charge is -2.40. The highest BCUT2D eigenvalue weighted by atomic mass is 19.1. The molecule has 1 fully saturated rings. The van der Waals surface area contributed by atoms with Crippen molar-refractivity contribution in [1.82, 2.24) is 20.2 Å². The Balaban J connectivity index is 1.98. The second-order valence-electron chi connectivity index (χ2n) is 7.85. The Hall–Kier alpha value is -2.91. The average Bonchev–Trinajstić information content (AvgIpc) is 2.98. The zero-order valence-corrected chi connectivity index (χ0v) is 15.8. The molecule has 0 spiro atoms. The summed E-state index contributed by atoms with van der Waals surface area (Å²) >= 11 is 0. The Bertz CT molecular complexity index is 914. The van der Waals surface area contributed by atoms with Gasteiger partial charge in [-0.05, 0) is 39.7 Å². The number of H-pyrrole nitrogens is 1. The fourth-order valence-corrected chi connectivity index (χ4v) is 3.27. The lowest BCUT2D eigenvalue weighted by atomic mass is 9.86. The largest absolute Gasteiger partial charge is 0.465 e. The third-order valence-electron chi connectivity index (χ3n) is 4.59. The van der Waals surface area contributed by atoms with Gasteiger partial charge in [0, 0.05) is 19.2 Å². The SMILES string of the molecule is CC(C)(C)OC(=O)NC1(c2nc3c(F)cc(F)cc3[nH]2)CCN(C(=O)O)CC1. The Labute approximate surface area is 159 Å². The molecule has 1 aromatic carbocycles. The van der Waals surface area contributed by atoms with Crippen LogP contribution < -0.4 is 5.32 Å². The fraction of sp³-hybridized carbons (Fsp3) is 0.500. The third kappa shape index (κ3) is 4.00. The summed E-state index contributed by atoms with van der Waals surface area (Å²) < 4.78 is 32.9. The second-order valence-corrected chi connectivity index (χ2v) is 7.85. The first-order valence-electron chi connectivity index (χ1n) is 8.83. The molecule has 0 radical (unpaired) electrons. The minimum absolute atomic E-state index is 0.0533. The fourth-order valence-electron chi connectivity index (χ4n) is 3.27. The number of piperidine rings is 1. The van der Waals surface area contributed by atoms with Crippen LogP contribution in [-0.2, 0) is 10.3 Å². The number of carboxylic acid groups (broad SMARTS) is 1. The first-order chi connectivity index (χ1) is 13.0. The lowest BCUT2D eigenvalue weighted by Crippen LogP contribution is -2.55. The number of aromatic amines is 1. The van der Waals surface area contributed by atoms with Gasteiger partial charge in [-0.1, -0.05) is 0 Å². The first-order valence-corrected chi connectivity index (χ1v) is 8.83. The highest BCUT2D eigenvalue weighted by molar-refractivity contribution is 5.76. The molecule has 152 valence electrons. The number of rotatable bonds is 2. The molecule has 8 nitrogen and oxygen atoms in total. The van der Waals surface area contributed by atoms with Gasteiger partial charge in [-0.25, -0.2) is 23.4 Å². The number of likely N-dealkylation sites (tertiary alicyclic amines) is 1. The van der Waals surface area contributed by atoms with Crippen LogP contribution in [-0.4, -0.2) is 50.9 Å². The van der Waals surface area contributed by atoms with E-state index < -0.39 is 35.0 Å². The van der Waals surface area contributed by atoms with Gasteiger partial charge >= 0.3 is 12.2 Å². The van der Waals surface area contributed by atoms with Gasteiger partial charge in [0.15, 0.2) is 5.82 Å². The topological polar surface area (TPSA) is 108 Å². The van der Waals surface area contributed by atoms with Crippen molar-refractivity contribution in [3.8, 4) is 0 Å². The molecule has 3 N–H and O–H groups in total. The summed E-state index contributed by atoms with van der Waals surface area (Å²) in [5.74, 6) is -1.36. The predicted octanol–water partition coefficient (Wildman–Crippen LogP) is 3.33. The number of hydrogen-bond acceptors (Lipinski definition) is 4. The van der Waals surface area contributed by atoms with Crippen molar-refractivity contribution in [1.29, 1.82) is 0 Å². The number of nitrogens with zero attached hydrogens (tertiary/aromatic N) is 2. The summed E-state index contributed by atoms with van der Waals surface area (Å²) in [5, 5.41) is 12.0. The Morgan fingerprint density at radius 1 is 1.29 bits per heavy atom. The van der Waals surface area contributed by atoms with Crippen LogP contribution in [0, 0.1) is 11.6 Å². The molecule has 10 heteroatoms. The number of carbonyl (C=O) groups excluding carboxylic acids is 1. The van der Waals surface area contributed by atoms with Gasteiger partial charge in [0.05, 0.1) is 5.52 Å². The van der Waals surface area contributed by atoms with Gasteiger partial charge in [0.1, 0.15) is 28.3 Å². The van der Waals surface area contributed by atoms with Crippen molar-refractivity contribution >= 4 is 23.2 Å². The molecule has 28 heavy (non-hydrogen) atoms. The number of amides is 2. The molecule has 0 aliphatic carbocycles. The maximum absolute atomic E-state index is 14.1. The van der Waals surface area contributed by atoms with Gasteiger partial charge < -0.3 is 25.0 Å². The van der Waals surface area contributed by atoms with Crippen molar-refractivity contribution in [2.24, 2.45) is 0 Å². The molecule has 0 unspecified atom stereocenters. The molecule has 2 amide bonds. The van der Waals surface area contributed by atoms with E-state index in [1.54, 1.807) is 20.8 Å². The van der Waals surface area contributed by atoms with Crippen LogP contribution in [0.15, 0.2) is 12.1 Å². The number of nitrogens with one attached hydrogen (secondary N) is 2. The zero-order valence-electron chi connectivity index (χ0n) is 15.8. The molecule has 3 rings (SSSR count). The Morgan fingerprint density at radius 2 is 1.93 bits per heavy atom. The van der Waals surface area contributed by atoms with Gasteiger partial charge in [0.25, 0.3) is 0 Å². The lowest BCUT2D eigenvalue weighted by molar-refractivity contribution is 0.0374. The van der Waals surface area contributed by atoms with E-state index in [0.29, 0.717) is 0 Å². The smallest absolute Gasteiger partial charge is 0.408 e. The summed E-state index contributed by atoms with van der Waals surface area (Å²) in [6.45, 7) is 5.42. The van der Waals surface area contributed by atoms with E-state index in [9.17, 15) is 23.5 Å². The van der Waals surface area contributed by atoms with E-state index in [2.05, 4.69) is 15.3 Å². The number of alkyl carbamates (subject to hydrolysis) is 1. The van der Waals surface area contributed by atoms with Crippen molar-refractivity contribution < 1.29 is 28.2 Å². The van der Waals surface area contributed by atoms with Crippen molar-refractivity contribution in [3.63, 3.8) is 0 Å². The number of halogens is 2. The monoisotopic (exact) mass is 396 g/mol. The minimum Gasteiger partial charge on any atom is -0.465 e. The molecule has 0 bridgehead atoms. The third-order valence-corrected chi connectivity index (χ3v) is 4.59. The molecule has 1 aliphatic rings. The molecule has 0 atom stereocenters. The number of aromatic nitrogens is 2. The maximum atomic E-state index is 14.1. The summed E-state index contributed by atoms with van der Waals surface area (Å²) in [6, 6.07) is 1.84. The average molecular weight is 396 g/mol. The molecule has 2 heterocycles. The van der Waals surface area contributed by atoms with Gasteiger partial charge in [0.2, 0.25) is 0 Å². The molecule has 0 saturated carbocycles. The quantitative estimate of drug-likeness (QED) is 0.722. The van der Waals surface area contributed by atoms with Crippen LogP contribution in [0.1, 0.15) is 39.4 Å². The first kappa shape index (κ1) is 19.8. The van der Waals surface area contributed by atoms with E-state index >= 15 is 0 Å². The van der Waals surface area contributed by atoms with E-state index in [1.165, 1.54) is 4.90 Å². The van der Waals surface area contributed by atoms with E-state index in [0.717, 1.165) is 12.1 Å². The summed E-state index contributed by atoms with van der Waals surface area (Å²) in [4.78, 5) is 32.0. The van der Waals surface area contributed by atoms with Crippen molar-refractivity contribution in [2.45, 2.75) is 44.8 Å². The predicted molar refractivity (Wildman–Crippen MR) is 95.9 cm³/mol. The van der Waals surface area contributed by atoms with Crippen LogP contribution in [0.2, 0.25) is 0 Å². The summed E-state index contributed by atoms with van der Waals surface area (Å²) in [7, 11) is 0. The van der Waals surface area contributed by atoms with Crippen molar-refractivity contribution in [2.75, 3.05) is 13.1 Å². The summed E-state index contributed by atoms with van der Waals surface area (Å²) in [6.07, 6.45) is -1.38. The van der Waals surface area contributed by atoms with E-state index in [1.807, 2.05) is 0 Å². The zero-order chi connectivity index (χ0) is 20.7. The number of imidazole rings is 1. The normalized spacial score (nSPS) is 16.8. The Kier molecular flexibility index (Phi) is 4.90. The molecule has 1 aliphatic heterocycles. The van der Waals surface area contributed by atoms with Crippen LogP contribution in [0.4, 0.5) is 18.4 Å². The second kappa shape index (κ2) is 6.92. The van der Waals surface area contributed by atoms with Crippen LogP contribution in [0.5, 0.6) is 0 Å². The van der Waals surface area contributed by atoms with E-state index in [-0.39, 0.29) is 42.8 Å². The number of ether oxygens (including phenoxy) is 1. The van der Waals surface area contributed by atoms with Gasteiger partial charge in [-0.2, -0.15) is 0 Å². The highest BCUT2D eigenvalue weighted by Gasteiger charge is 2.42. The molecule has 1 aromatic heterocycles. The number of hydrogen-bond donors (Lipinski definition) is 3. The Morgan fingerprint density at radius 3 is 2.50 bits per heavy atom. The number of carbonyl (C=O) groups is 2. The number of benzene rings is 1. The van der Waals surface area contributed by atoms with Crippen LogP contribution in [0.3, 0.4) is 0 Å². The van der Waals surface area contributed by atoms with Crippen LogP contribution >= 0.6 is 0 Å². The standard InChI is InChI=1S/C18H22F2N4O4/c1-17(2,3)28-15(25)23-18(4-6-24(7-5-18)16(26)27)14-21-12-9-10(19)8-11(20)13(12)22-14/h8-9H,4-7H2,1-3H3,(H,21,22)(H,23,25)(H,26,27). The minimum atomic E-state index is -1.10. The molecule has 2 aromatic rings. The molecule has 1 saturated heterocycles.